The Morgan fingerprint density at radius 3 is 2.62 bits per heavy atom. The summed E-state index contributed by atoms with van der Waals surface area (Å²) < 4.78 is 22.1. The highest BCUT2D eigenvalue weighted by Crippen LogP contribution is 2.38. The molecule has 1 aromatic heterocycles. The van der Waals surface area contributed by atoms with Crippen LogP contribution in [-0.4, -0.2) is 23.8 Å². The van der Waals surface area contributed by atoms with E-state index in [9.17, 15) is 24.0 Å². The van der Waals surface area contributed by atoms with E-state index in [2.05, 4.69) is 15.2 Å². The number of rotatable bonds is 4. The van der Waals surface area contributed by atoms with Crippen LogP contribution in [0, 0.1) is 10.1 Å². The lowest BCUT2D eigenvalue weighted by Crippen LogP contribution is -1.87. The number of nitrogens with zero attached hydrogens (tertiary/aromatic N) is 3. The van der Waals surface area contributed by atoms with Gasteiger partial charge in [0.15, 0.2) is 11.4 Å². The molecule has 122 valence electrons. The van der Waals surface area contributed by atoms with Crippen LogP contribution < -0.4 is 0 Å². The van der Waals surface area contributed by atoms with Gasteiger partial charge in [0.1, 0.15) is 0 Å². The van der Waals surface area contributed by atoms with Crippen LogP contribution in [0.3, 0.4) is 0 Å². The molecule has 0 aliphatic heterocycles. The van der Waals surface area contributed by atoms with Crippen molar-refractivity contribution < 1.29 is 18.8 Å². The first-order chi connectivity index (χ1) is 11.5. The molecule has 2 N–H and O–H groups in total. The van der Waals surface area contributed by atoms with Gasteiger partial charge in [-0.3, -0.25) is 14.3 Å². The molecule has 0 aliphatic rings. The number of azo groups is 1. The zero-order valence-electron chi connectivity index (χ0n) is 11.9. The molecule has 0 spiro atoms. The maximum absolute atomic E-state index is 11.1. The van der Waals surface area contributed by atoms with E-state index in [1.807, 2.05) is 0 Å². The van der Waals surface area contributed by atoms with Gasteiger partial charge in [-0.15, -0.1) is 10.2 Å². The second-order valence-electron chi connectivity index (χ2n) is 4.71. The number of nitrogens with one attached hydrogen (secondary N) is 1. The highest BCUT2D eigenvalue weighted by molar-refractivity contribution is 7.79. The molecular formula is C14H9N4O5S-. The number of nitro groups is 1. The lowest BCUT2D eigenvalue weighted by molar-refractivity contribution is -0.384. The molecule has 0 aliphatic carbocycles. The van der Waals surface area contributed by atoms with E-state index in [0.717, 1.165) is 0 Å². The lowest BCUT2D eigenvalue weighted by Gasteiger charge is -2.04. The van der Waals surface area contributed by atoms with E-state index in [4.69, 9.17) is 0 Å². The Labute approximate surface area is 137 Å². The van der Waals surface area contributed by atoms with E-state index in [1.54, 1.807) is 6.07 Å². The van der Waals surface area contributed by atoms with Crippen molar-refractivity contribution >= 4 is 39.0 Å². The number of fused-ring (bicyclic) bond motifs is 1. The normalized spacial score (nSPS) is 12.7. The fourth-order valence-electron chi connectivity index (χ4n) is 2.15. The molecule has 9 nitrogen and oxygen atoms in total. The third kappa shape index (κ3) is 2.87. The summed E-state index contributed by atoms with van der Waals surface area (Å²) in [6.07, 6.45) is 0. The Kier molecular flexibility index (Phi) is 4.06. The smallest absolute Gasteiger partial charge is 0.296 e. The third-order valence-electron chi connectivity index (χ3n) is 3.25. The molecule has 0 saturated heterocycles. The van der Waals surface area contributed by atoms with E-state index >= 15 is 0 Å². The standard InChI is InChI=1S/C14H10N4O5S/c19-14-13(9-7-8(24(22)23)5-6-10(9)15-14)17-16-11-3-1-2-4-12(11)18(20)21/h1-7,15,19H,(H,22,23)/p-1. The zero-order chi connectivity index (χ0) is 17.3. The number of H-pyrrole nitrogens is 1. The minimum Gasteiger partial charge on any atom is -0.768 e. The molecule has 0 amide bonds. The lowest BCUT2D eigenvalue weighted by atomic mass is 10.2. The summed E-state index contributed by atoms with van der Waals surface area (Å²) in [5.41, 5.74) is 0.232. The Morgan fingerprint density at radius 1 is 1.17 bits per heavy atom. The maximum Gasteiger partial charge on any atom is 0.296 e. The molecule has 0 saturated carbocycles. The van der Waals surface area contributed by atoms with E-state index in [1.165, 1.54) is 36.4 Å². The Bertz CT molecular complexity index is 998. The molecule has 0 fully saturated rings. The Hall–Kier alpha value is -3.11. The highest BCUT2D eigenvalue weighted by atomic mass is 32.2. The van der Waals surface area contributed by atoms with Gasteiger partial charge in [-0.25, -0.2) is 0 Å². The largest absolute Gasteiger partial charge is 0.768 e. The molecule has 0 radical (unpaired) electrons. The van der Waals surface area contributed by atoms with Crippen LogP contribution in [0.15, 0.2) is 57.6 Å². The first kappa shape index (κ1) is 15.8. The molecule has 0 bridgehead atoms. The quantitative estimate of drug-likeness (QED) is 0.322. The number of hydrogen-bond donors (Lipinski definition) is 2. The van der Waals surface area contributed by atoms with Crippen molar-refractivity contribution in [2.24, 2.45) is 10.2 Å². The number of aromatic amines is 1. The summed E-state index contributed by atoms with van der Waals surface area (Å²) in [5.74, 6) is -0.318. The van der Waals surface area contributed by atoms with E-state index in [-0.39, 0.29) is 27.8 Å². The van der Waals surface area contributed by atoms with Gasteiger partial charge in [0.25, 0.3) is 5.69 Å². The predicted octanol–water partition coefficient (Wildman–Crippen LogP) is 3.44. The van der Waals surface area contributed by atoms with Crippen molar-refractivity contribution in [2.75, 3.05) is 0 Å². The molecule has 2 aromatic carbocycles. The number of para-hydroxylation sites is 1. The van der Waals surface area contributed by atoms with Crippen LogP contribution in [0.25, 0.3) is 10.9 Å². The molecule has 24 heavy (non-hydrogen) atoms. The molecule has 1 unspecified atom stereocenters. The number of aromatic hydroxyl groups is 1. The molecule has 10 heteroatoms. The van der Waals surface area contributed by atoms with Crippen LogP contribution in [0.5, 0.6) is 5.88 Å². The number of nitro benzene ring substituents is 1. The van der Waals surface area contributed by atoms with Crippen LogP contribution in [-0.2, 0) is 11.1 Å². The Balaban J connectivity index is 2.10. The molecular weight excluding hydrogens is 336 g/mol. The molecule has 3 aromatic rings. The van der Waals surface area contributed by atoms with E-state index < -0.39 is 16.0 Å². The number of hydrogen-bond acceptors (Lipinski definition) is 7. The number of aromatic nitrogens is 1. The monoisotopic (exact) mass is 345 g/mol. The van der Waals surface area contributed by atoms with Crippen LogP contribution in [0.1, 0.15) is 0 Å². The van der Waals surface area contributed by atoms with Crippen LogP contribution in [0.2, 0.25) is 0 Å². The summed E-state index contributed by atoms with van der Waals surface area (Å²) in [4.78, 5) is 13.0. The second kappa shape index (κ2) is 6.18. The van der Waals surface area contributed by atoms with Crippen LogP contribution >= 0.6 is 0 Å². The van der Waals surface area contributed by atoms with E-state index in [0.29, 0.717) is 10.9 Å². The minimum absolute atomic E-state index is 0.00421. The van der Waals surface area contributed by atoms with Gasteiger partial charge in [-0.2, -0.15) is 0 Å². The van der Waals surface area contributed by atoms with Gasteiger partial charge in [0.05, 0.1) is 10.4 Å². The summed E-state index contributed by atoms with van der Waals surface area (Å²) in [6, 6.07) is 9.91. The average molecular weight is 345 g/mol. The summed E-state index contributed by atoms with van der Waals surface area (Å²) in [7, 11) is 0. The van der Waals surface area contributed by atoms with Crippen molar-refractivity contribution in [3.63, 3.8) is 0 Å². The molecule has 1 heterocycles. The fraction of sp³-hybridized carbons (Fsp3) is 0. The first-order valence-corrected chi connectivity index (χ1v) is 7.64. The SMILES string of the molecule is O=[N+]([O-])c1ccccc1N=Nc1c(O)[nH]c2ccc(S(=O)[O-])cc12. The molecule has 1 atom stereocenters. The average Bonchev–Trinajstić information content (AvgIpc) is 2.87. The third-order valence-corrected chi connectivity index (χ3v) is 3.89. The van der Waals surface area contributed by atoms with Gasteiger partial charge in [0, 0.05) is 16.3 Å². The minimum atomic E-state index is -2.44. The van der Waals surface area contributed by atoms with Gasteiger partial charge >= 0.3 is 0 Å². The van der Waals surface area contributed by atoms with Crippen molar-refractivity contribution in [1.82, 2.24) is 4.98 Å². The van der Waals surface area contributed by atoms with Gasteiger partial charge in [-0.1, -0.05) is 12.1 Å². The highest BCUT2D eigenvalue weighted by Gasteiger charge is 2.14. The summed E-state index contributed by atoms with van der Waals surface area (Å²) in [6.45, 7) is 0. The number of benzene rings is 2. The van der Waals surface area contributed by atoms with Gasteiger partial charge < -0.3 is 14.6 Å². The van der Waals surface area contributed by atoms with Crippen molar-refractivity contribution in [2.45, 2.75) is 4.90 Å². The zero-order valence-corrected chi connectivity index (χ0v) is 12.7. The second-order valence-corrected chi connectivity index (χ2v) is 5.65. The maximum atomic E-state index is 11.1. The van der Waals surface area contributed by atoms with Crippen molar-refractivity contribution in [1.29, 1.82) is 0 Å². The van der Waals surface area contributed by atoms with Crippen molar-refractivity contribution in [3.8, 4) is 5.88 Å². The first-order valence-electron chi connectivity index (χ1n) is 6.56. The summed E-state index contributed by atoms with van der Waals surface area (Å²) >= 11 is -2.44. The van der Waals surface area contributed by atoms with Crippen molar-refractivity contribution in [3.05, 3.63) is 52.6 Å². The predicted molar refractivity (Wildman–Crippen MR) is 84.4 cm³/mol. The Morgan fingerprint density at radius 2 is 1.92 bits per heavy atom. The topological polar surface area (TPSA) is 144 Å². The summed E-state index contributed by atoms with van der Waals surface area (Å²) in [5, 5.41) is 28.9. The van der Waals surface area contributed by atoms with Gasteiger partial charge in [0.2, 0.25) is 5.88 Å². The van der Waals surface area contributed by atoms with Gasteiger partial charge in [-0.05, 0) is 35.3 Å². The molecule has 3 rings (SSSR count). The fourth-order valence-corrected chi connectivity index (χ4v) is 2.55. The van der Waals surface area contributed by atoms with Crippen LogP contribution in [0.4, 0.5) is 17.1 Å².